The highest BCUT2D eigenvalue weighted by atomic mass is 127. The van der Waals surface area contributed by atoms with Gasteiger partial charge in [-0.1, -0.05) is 43.3 Å². The van der Waals surface area contributed by atoms with E-state index in [4.69, 9.17) is 9.47 Å². The maximum Gasteiger partial charge on any atom is 0.212 e. The van der Waals surface area contributed by atoms with Crippen LogP contribution in [0.15, 0.2) is 53.7 Å². The van der Waals surface area contributed by atoms with Crippen LogP contribution in [0.3, 0.4) is 0 Å². The molecule has 0 saturated heterocycles. The van der Waals surface area contributed by atoms with Gasteiger partial charge in [0.2, 0.25) is 5.88 Å². The molecule has 6 nitrogen and oxygen atoms in total. The fraction of sp³-hybridized carbons (Fsp3) is 0.400. The summed E-state index contributed by atoms with van der Waals surface area (Å²) >= 11 is 0. The Morgan fingerprint density at radius 3 is 2.52 bits per heavy atom. The monoisotopic (exact) mass is 484 g/mol. The van der Waals surface area contributed by atoms with Crippen LogP contribution in [0.5, 0.6) is 5.88 Å². The summed E-state index contributed by atoms with van der Waals surface area (Å²) in [6.45, 7) is 4.92. The number of aromatic nitrogens is 1. The SMILES string of the molecule is CN=C(NCc1ccc(OC)nc1)NCC(C)COCc1ccccc1.I. The molecule has 7 heteroatoms. The van der Waals surface area contributed by atoms with E-state index in [1.165, 1.54) is 5.56 Å². The third kappa shape index (κ3) is 9.05. The van der Waals surface area contributed by atoms with Crippen LogP contribution < -0.4 is 15.4 Å². The first-order valence-corrected chi connectivity index (χ1v) is 8.76. The number of nitrogens with one attached hydrogen (secondary N) is 2. The van der Waals surface area contributed by atoms with E-state index in [0.29, 0.717) is 31.6 Å². The molecule has 0 amide bonds. The first-order valence-electron chi connectivity index (χ1n) is 8.76. The summed E-state index contributed by atoms with van der Waals surface area (Å²) in [6.07, 6.45) is 1.79. The van der Waals surface area contributed by atoms with E-state index in [-0.39, 0.29) is 24.0 Å². The van der Waals surface area contributed by atoms with Gasteiger partial charge in [-0.2, -0.15) is 0 Å². The average Bonchev–Trinajstić information content (AvgIpc) is 2.69. The second kappa shape index (κ2) is 13.3. The van der Waals surface area contributed by atoms with Crippen molar-refractivity contribution in [1.82, 2.24) is 15.6 Å². The lowest BCUT2D eigenvalue weighted by Gasteiger charge is -2.16. The summed E-state index contributed by atoms with van der Waals surface area (Å²) in [4.78, 5) is 8.44. The first-order chi connectivity index (χ1) is 12.7. The Bertz CT molecular complexity index is 665. The second-order valence-electron chi connectivity index (χ2n) is 6.12. The molecule has 0 saturated carbocycles. The predicted octanol–water partition coefficient (Wildman–Crippen LogP) is 3.23. The molecular formula is C20H29IN4O2. The van der Waals surface area contributed by atoms with Crippen LogP contribution in [0.2, 0.25) is 0 Å². The standard InChI is InChI=1S/C20H28N4O2.HI/c1-16(14-26-15-17-7-5-4-6-8-17)11-23-20(21-2)24-13-18-9-10-19(25-3)22-12-18;/h4-10,12,16H,11,13-15H2,1-3H3,(H2,21,23,24);1H. The van der Waals surface area contributed by atoms with Crippen LogP contribution in [0.4, 0.5) is 0 Å². The summed E-state index contributed by atoms with van der Waals surface area (Å²) in [7, 11) is 3.37. The molecule has 1 atom stereocenters. The molecular weight excluding hydrogens is 455 g/mol. The topological polar surface area (TPSA) is 67.8 Å². The number of hydrogen-bond donors (Lipinski definition) is 2. The Labute approximate surface area is 178 Å². The minimum absolute atomic E-state index is 0. The van der Waals surface area contributed by atoms with E-state index in [1.54, 1.807) is 20.4 Å². The lowest BCUT2D eigenvalue weighted by molar-refractivity contribution is 0.0931. The lowest BCUT2D eigenvalue weighted by Crippen LogP contribution is -2.39. The molecule has 1 aromatic heterocycles. The molecule has 2 aromatic rings. The summed E-state index contributed by atoms with van der Waals surface area (Å²) in [6, 6.07) is 14.0. The lowest BCUT2D eigenvalue weighted by atomic mass is 10.2. The molecule has 0 aliphatic heterocycles. The van der Waals surface area contributed by atoms with Crippen molar-refractivity contribution < 1.29 is 9.47 Å². The zero-order valence-electron chi connectivity index (χ0n) is 16.1. The molecule has 0 aliphatic rings. The van der Waals surface area contributed by atoms with Gasteiger partial charge in [0.05, 0.1) is 20.3 Å². The minimum atomic E-state index is 0. The summed E-state index contributed by atoms with van der Waals surface area (Å²) in [5, 5.41) is 6.60. The summed E-state index contributed by atoms with van der Waals surface area (Å²) in [5.41, 5.74) is 2.26. The molecule has 0 bridgehead atoms. The molecule has 1 aromatic carbocycles. The molecule has 1 heterocycles. The third-order valence-corrected chi connectivity index (χ3v) is 3.82. The van der Waals surface area contributed by atoms with Gasteiger partial charge in [-0.05, 0) is 17.0 Å². The number of ether oxygens (including phenoxy) is 2. The number of guanidine groups is 1. The highest BCUT2D eigenvalue weighted by Crippen LogP contribution is 2.06. The molecule has 27 heavy (non-hydrogen) atoms. The largest absolute Gasteiger partial charge is 0.481 e. The number of halogens is 1. The van der Waals surface area contributed by atoms with Crippen molar-refractivity contribution in [3.05, 3.63) is 59.8 Å². The van der Waals surface area contributed by atoms with Gasteiger partial charge in [0.1, 0.15) is 0 Å². The number of pyridine rings is 1. The minimum Gasteiger partial charge on any atom is -0.481 e. The number of benzene rings is 1. The Morgan fingerprint density at radius 1 is 1.11 bits per heavy atom. The highest BCUT2D eigenvalue weighted by molar-refractivity contribution is 14.0. The molecule has 0 radical (unpaired) electrons. The van der Waals surface area contributed by atoms with Gasteiger partial charge in [0.15, 0.2) is 5.96 Å². The van der Waals surface area contributed by atoms with Crippen molar-refractivity contribution in [1.29, 1.82) is 0 Å². The van der Waals surface area contributed by atoms with Gasteiger partial charge >= 0.3 is 0 Å². The maximum absolute atomic E-state index is 5.78. The molecule has 0 fully saturated rings. The van der Waals surface area contributed by atoms with Crippen molar-refractivity contribution in [3.63, 3.8) is 0 Å². The van der Waals surface area contributed by atoms with Gasteiger partial charge in [0.25, 0.3) is 0 Å². The van der Waals surface area contributed by atoms with Crippen molar-refractivity contribution in [3.8, 4) is 5.88 Å². The fourth-order valence-corrected chi connectivity index (χ4v) is 2.32. The van der Waals surface area contributed by atoms with E-state index in [9.17, 15) is 0 Å². The van der Waals surface area contributed by atoms with E-state index in [1.807, 2.05) is 30.3 Å². The van der Waals surface area contributed by atoms with Crippen LogP contribution in [0.25, 0.3) is 0 Å². The van der Waals surface area contributed by atoms with Crippen molar-refractivity contribution >= 4 is 29.9 Å². The normalized spacial score (nSPS) is 12.0. The van der Waals surface area contributed by atoms with Crippen LogP contribution in [-0.4, -0.2) is 38.3 Å². The van der Waals surface area contributed by atoms with Crippen LogP contribution in [-0.2, 0) is 17.9 Å². The summed E-state index contributed by atoms with van der Waals surface area (Å²) in [5.74, 6) is 1.75. The van der Waals surface area contributed by atoms with Gasteiger partial charge in [-0.15, -0.1) is 24.0 Å². The van der Waals surface area contributed by atoms with Gasteiger partial charge < -0.3 is 20.1 Å². The van der Waals surface area contributed by atoms with Gasteiger partial charge in [-0.25, -0.2) is 4.98 Å². The zero-order valence-corrected chi connectivity index (χ0v) is 18.5. The number of rotatable bonds is 9. The fourth-order valence-electron chi connectivity index (χ4n) is 2.32. The average molecular weight is 484 g/mol. The molecule has 2 rings (SSSR count). The van der Waals surface area contributed by atoms with Gasteiger partial charge in [-0.3, -0.25) is 4.99 Å². The first kappa shape index (κ1) is 23.2. The third-order valence-electron chi connectivity index (χ3n) is 3.82. The van der Waals surface area contributed by atoms with Gasteiger partial charge in [0, 0.05) is 32.4 Å². The number of aliphatic imine (C=N–C) groups is 1. The zero-order chi connectivity index (χ0) is 18.6. The molecule has 0 spiro atoms. The number of nitrogens with zero attached hydrogens (tertiary/aromatic N) is 2. The Kier molecular flexibility index (Phi) is 11.4. The predicted molar refractivity (Wildman–Crippen MR) is 120 cm³/mol. The number of hydrogen-bond acceptors (Lipinski definition) is 4. The van der Waals surface area contributed by atoms with Crippen LogP contribution >= 0.6 is 24.0 Å². The van der Waals surface area contributed by atoms with Crippen molar-refractivity contribution in [2.45, 2.75) is 20.1 Å². The van der Waals surface area contributed by atoms with E-state index < -0.39 is 0 Å². The Morgan fingerprint density at radius 2 is 1.89 bits per heavy atom. The summed E-state index contributed by atoms with van der Waals surface area (Å²) < 4.78 is 10.8. The van der Waals surface area contributed by atoms with E-state index in [2.05, 4.69) is 39.7 Å². The quantitative estimate of drug-likeness (QED) is 0.325. The Hall–Kier alpha value is -1.87. The molecule has 148 valence electrons. The van der Waals surface area contributed by atoms with Crippen LogP contribution in [0, 0.1) is 5.92 Å². The smallest absolute Gasteiger partial charge is 0.212 e. The molecule has 1 unspecified atom stereocenters. The second-order valence-corrected chi connectivity index (χ2v) is 6.12. The highest BCUT2D eigenvalue weighted by Gasteiger charge is 2.05. The maximum atomic E-state index is 5.78. The molecule has 0 aliphatic carbocycles. The van der Waals surface area contributed by atoms with Crippen molar-refractivity contribution in [2.75, 3.05) is 27.3 Å². The Balaban J connectivity index is 0.00000364. The van der Waals surface area contributed by atoms with E-state index >= 15 is 0 Å². The van der Waals surface area contributed by atoms with Crippen molar-refractivity contribution in [2.24, 2.45) is 10.9 Å². The van der Waals surface area contributed by atoms with Crippen LogP contribution in [0.1, 0.15) is 18.1 Å². The van der Waals surface area contributed by atoms with E-state index in [0.717, 1.165) is 18.1 Å². The molecule has 2 N–H and O–H groups in total. The number of methoxy groups -OCH3 is 1.